The van der Waals surface area contributed by atoms with Crippen molar-refractivity contribution >= 4 is 11.5 Å². The number of rotatable bonds is 3. The fourth-order valence-electron chi connectivity index (χ4n) is 4.48. The van der Waals surface area contributed by atoms with Gasteiger partial charge < -0.3 is 4.90 Å². The zero-order chi connectivity index (χ0) is 21.3. The van der Waals surface area contributed by atoms with Crippen molar-refractivity contribution in [3.63, 3.8) is 0 Å². The van der Waals surface area contributed by atoms with Crippen LogP contribution in [0.3, 0.4) is 0 Å². The monoisotopic (exact) mass is 398 g/mol. The first-order chi connectivity index (χ1) is 14.5. The number of amides is 1. The van der Waals surface area contributed by atoms with Crippen molar-refractivity contribution in [1.29, 1.82) is 5.26 Å². The quantitative estimate of drug-likeness (QED) is 0.688. The molecule has 0 saturated carbocycles. The van der Waals surface area contributed by atoms with Gasteiger partial charge in [-0.2, -0.15) is 15.5 Å². The Morgan fingerprint density at radius 3 is 2.40 bits per heavy atom. The molecule has 0 radical (unpaired) electrons. The van der Waals surface area contributed by atoms with Crippen molar-refractivity contribution in [1.82, 2.24) is 4.90 Å². The summed E-state index contributed by atoms with van der Waals surface area (Å²) < 4.78 is 0. The lowest BCUT2D eigenvalue weighted by atomic mass is 9.88. The van der Waals surface area contributed by atoms with Crippen LogP contribution in [0.2, 0.25) is 0 Å². The molecule has 30 heavy (non-hydrogen) atoms. The largest absolute Gasteiger partial charge is 0.339 e. The fraction of sp³-hybridized carbons (Fsp3) is 0.360. The first-order valence-corrected chi connectivity index (χ1v) is 10.5. The second-order valence-electron chi connectivity index (χ2n) is 8.22. The number of piperidine rings is 1. The smallest absolute Gasteiger partial charge is 0.253 e. The molecule has 2 aliphatic rings. The van der Waals surface area contributed by atoms with Crippen LogP contribution >= 0.6 is 0 Å². The Bertz CT molecular complexity index is 1070. The molecule has 0 aromatic heterocycles. The predicted octanol–water partition coefficient (Wildman–Crippen LogP) is 5.47. The van der Waals surface area contributed by atoms with E-state index in [1.807, 2.05) is 61.2 Å². The van der Waals surface area contributed by atoms with Crippen LogP contribution in [0.5, 0.6) is 0 Å². The first-order valence-electron chi connectivity index (χ1n) is 10.5. The summed E-state index contributed by atoms with van der Waals surface area (Å²) in [5.41, 5.74) is 6.92. The lowest BCUT2D eigenvalue weighted by molar-refractivity contribution is 0.0713. The van der Waals surface area contributed by atoms with Crippen LogP contribution in [0.1, 0.15) is 65.2 Å². The zero-order valence-electron chi connectivity index (χ0n) is 17.7. The highest BCUT2D eigenvalue weighted by atomic mass is 16.2. The predicted molar refractivity (Wildman–Crippen MR) is 117 cm³/mol. The van der Waals surface area contributed by atoms with E-state index in [1.54, 1.807) is 0 Å². The molecule has 0 aliphatic carbocycles. The third-order valence-electron chi connectivity index (χ3n) is 6.26. The Kier molecular flexibility index (Phi) is 5.50. The molecule has 2 heterocycles. The van der Waals surface area contributed by atoms with Gasteiger partial charge in [-0.15, -0.1) is 0 Å². The maximum atomic E-state index is 13.2. The van der Waals surface area contributed by atoms with Gasteiger partial charge in [-0.05, 0) is 80.5 Å². The summed E-state index contributed by atoms with van der Waals surface area (Å²) in [6, 6.07) is 16.0. The van der Waals surface area contributed by atoms with Crippen LogP contribution in [0.25, 0.3) is 5.57 Å². The third kappa shape index (κ3) is 3.78. The SMILES string of the molecule is CC1=C(c2cc(C(=O)N3CCC(c4ccc(C#N)cc4)CC3)ccc2C)C(C)N=N1. The second kappa shape index (κ2) is 8.23. The van der Waals surface area contributed by atoms with E-state index in [0.29, 0.717) is 11.5 Å². The molecular formula is C25H26N4O. The number of nitriles is 1. The molecule has 0 bridgehead atoms. The van der Waals surface area contributed by atoms with Gasteiger partial charge in [-0.1, -0.05) is 18.2 Å². The summed E-state index contributed by atoms with van der Waals surface area (Å²) in [6.45, 7) is 7.57. The molecule has 2 aromatic rings. The van der Waals surface area contributed by atoms with E-state index < -0.39 is 0 Å². The molecule has 1 saturated heterocycles. The van der Waals surface area contributed by atoms with Gasteiger partial charge in [0.05, 0.1) is 23.4 Å². The molecule has 1 fully saturated rings. The molecule has 4 rings (SSSR count). The molecule has 152 valence electrons. The Morgan fingerprint density at radius 1 is 1.10 bits per heavy atom. The van der Waals surface area contributed by atoms with Crippen molar-refractivity contribution in [3.8, 4) is 6.07 Å². The summed E-state index contributed by atoms with van der Waals surface area (Å²) in [5, 5.41) is 17.5. The molecule has 1 unspecified atom stereocenters. The fourth-order valence-corrected chi connectivity index (χ4v) is 4.48. The second-order valence-corrected chi connectivity index (χ2v) is 8.22. The van der Waals surface area contributed by atoms with Crippen molar-refractivity contribution < 1.29 is 4.79 Å². The van der Waals surface area contributed by atoms with Crippen molar-refractivity contribution in [2.45, 2.75) is 45.6 Å². The number of azo groups is 1. The van der Waals surface area contributed by atoms with Gasteiger partial charge in [0.15, 0.2) is 0 Å². The summed E-state index contributed by atoms with van der Waals surface area (Å²) in [6.07, 6.45) is 1.88. The number of aryl methyl sites for hydroxylation is 1. The van der Waals surface area contributed by atoms with E-state index >= 15 is 0 Å². The highest BCUT2D eigenvalue weighted by Crippen LogP contribution is 2.34. The molecule has 5 heteroatoms. The van der Waals surface area contributed by atoms with E-state index in [2.05, 4.69) is 23.2 Å². The van der Waals surface area contributed by atoms with Crippen LogP contribution in [0, 0.1) is 18.3 Å². The number of carbonyl (C=O) groups is 1. The third-order valence-corrected chi connectivity index (χ3v) is 6.26. The highest BCUT2D eigenvalue weighted by Gasteiger charge is 2.26. The average molecular weight is 399 g/mol. The van der Waals surface area contributed by atoms with Gasteiger partial charge in [0.25, 0.3) is 5.91 Å². The lowest BCUT2D eigenvalue weighted by Gasteiger charge is -2.32. The van der Waals surface area contributed by atoms with E-state index in [0.717, 1.165) is 53.9 Å². The Morgan fingerprint density at radius 2 is 1.80 bits per heavy atom. The molecule has 2 aromatic carbocycles. The van der Waals surface area contributed by atoms with Gasteiger partial charge >= 0.3 is 0 Å². The van der Waals surface area contributed by atoms with Crippen LogP contribution in [0.15, 0.2) is 58.4 Å². The minimum Gasteiger partial charge on any atom is -0.339 e. The Hall–Kier alpha value is -3.26. The topological polar surface area (TPSA) is 68.8 Å². The Balaban J connectivity index is 1.47. The zero-order valence-corrected chi connectivity index (χ0v) is 17.7. The van der Waals surface area contributed by atoms with E-state index in [1.165, 1.54) is 5.56 Å². The number of hydrogen-bond acceptors (Lipinski definition) is 4. The van der Waals surface area contributed by atoms with E-state index in [4.69, 9.17) is 5.26 Å². The van der Waals surface area contributed by atoms with Crippen molar-refractivity contribution in [3.05, 3.63) is 76.0 Å². The number of benzene rings is 2. The minimum absolute atomic E-state index is 0.0252. The molecular weight excluding hydrogens is 372 g/mol. The summed E-state index contributed by atoms with van der Waals surface area (Å²) in [5.74, 6) is 0.526. The first kappa shape index (κ1) is 20.0. The van der Waals surface area contributed by atoms with Gasteiger partial charge in [0, 0.05) is 24.2 Å². The molecule has 1 atom stereocenters. The van der Waals surface area contributed by atoms with Crippen LogP contribution in [-0.4, -0.2) is 29.9 Å². The summed E-state index contributed by atoms with van der Waals surface area (Å²) >= 11 is 0. The normalized spacial score (nSPS) is 19.3. The van der Waals surface area contributed by atoms with Crippen LogP contribution in [0.4, 0.5) is 0 Å². The number of allylic oxidation sites excluding steroid dienone is 1. The van der Waals surface area contributed by atoms with Crippen molar-refractivity contribution in [2.24, 2.45) is 10.2 Å². The highest BCUT2D eigenvalue weighted by molar-refractivity contribution is 5.95. The van der Waals surface area contributed by atoms with Gasteiger partial charge in [0.2, 0.25) is 0 Å². The minimum atomic E-state index is 0.0252. The van der Waals surface area contributed by atoms with Gasteiger partial charge in [-0.25, -0.2) is 0 Å². The molecule has 0 spiro atoms. The lowest BCUT2D eigenvalue weighted by Crippen LogP contribution is -2.38. The maximum Gasteiger partial charge on any atom is 0.253 e. The molecule has 0 N–H and O–H groups in total. The standard InChI is InChI=1S/C25H26N4O/c1-16-4-7-22(14-23(16)24-17(2)27-28-18(24)3)25(30)29-12-10-21(11-13-29)20-8-5-19(15-26)6-9-20/h4-9,14,17,21H,10-13H2,1-3H3. The average Bonchev–Trinajstić information content (AvgIpc) is 3.12. The number of likely N-dealkylation sites (tertiary alicyclic amines) is 1. The van der Waals surface area contributed by atoms with E-state index in [9.17, 15) is 4.79 Å². The molecule has 5 nitrogen and oxygen atoms in total. The van der Waals surface area contributed by atoms with Gasteiger partial charge in [-0.3, -0.25) is 4.79 Å². The van der Waals surface area contributed by atoms with Crippen molar-refractivity contribution in [2.75, 3.05) is 13.1 Å². The summed E-state index contributed by atoms with van der Waals surface area (Å²) in [7, 11) is 0. The van der Waals surface area contributed by atoms with Gasteiger partial charge in [0.1, 0.15) is 0 Å². The molecule has 2 aliphatic heterocycles. The maximum absolute atomic E-state index is 13.2. The number of hydrogen-bond donors (Lipinski definition) is 0. The Labute approximate surface area is 177 Å². The summed E-state index contributed by atoms with van der Waals surface area (Å²) in [4.78, 5) is 15.2. The molecule has 1 amide bonds. The van der Waals surface area contributed by atoms with E-state index in [-0.39, 0.29) is 11.9 Å². The van der Waals surface area contributed by atoms with Crippen LogP contribution in [-0.2, 0) is 0 Å². The van der Waals surface area contributed by atoms with Crippen LogP contribution < -0.4 is 0 Å². The number of carbonyl (C=O) groups excluding carboxylic acids is 1. The number of nitrogens with zero attached hydrogens (tertiary/aromatic N) is 4.